The predicted molar refractivity (Wildman–Crippen MR) is 38.8 cm³/mol. The topological polar surface area (TPSA) is 69.1 Å². The SMILES string of the molecule is CC.CCC(N)C(N)=O. The van der Waals surface area contributed by atoms with E-state index in [0.717, 1.165) is 0 Å². The van der Waals surface area contributed by atoms with Crippen molar-refractivity contribution in [1.82, 2.24) is 0 Å². The minimum absolute atomic E-state index is 0.428. The second-order valence-corrected chi connectivity index (χ2v) is 1.42. The van der Waals surface area contributed by atoms with Crippen molar-refractivity contribution in [3.05, 3.63) is 0 Å². The molecule has 56 valence electrons. The van der Waals surface area contributed by atoms with Gasteiger partial charge in [-0.2, -0.15) is 0 Å². The molecule has 1 amide bonds. The molecule has 0 rings (SSSR count). The Labute approximate surface area is 56.4 Å². The number of hydrogen-bond donors (Lipinski definition) is 2. The lowest BCUT2D eigenvalue weighted by Gasteiger charge is -1.98. The molecule has 0 aromatic heterocycles. The van der Waals surface area contributed by atoms with Gasteiger partial charge in [-0.25, -0.2) is 0 Å². The minimum atomic E-state index is -0.458. The molecule has 4 N–H and O–H groups in total. The zero-order valence-electron chi connectivity index (χ0n) is 6.35. The van der Waals surface area contributed by atoms with E-state index in [-0.39, 0.29) is 0 Å². The monoisotopic (exact) mass is 132 g/mol. The van der Waals surface area contributed by atoms with Crippen molar-refractivity contribution < 1.29 is 4.79 Å². The van der Waals surface area contributed by atoms with Crippen LogP contribution in [0.3, 0.4) is 0 Å². The van der Waals surface area contributed by atoms with Gasteiger partial charge >= 0.3 is 0 Å². The van der Waals surface area contributed by atoms with E-state index in [1.165, 1.54) is 0 Å². The molecule has 0 heterocycles. The summed E-state index contributed by atoms with van der Waals surface area (Å²) in [6, 6.07) is -0.458. The summed E-state index contributed by atoms with van der Waals surface area (Å²) in [6.45, 7) is 5.81. The largest absolute Gasteiger partial charge is 0.368 e. The van der Waals surface area contributed by atoms with Crippen LogP contribution in [0.4, 0.5) is 0 Å². The average Bonchev–Trinajstić information content (AvgIpc) is 1.91. The first kappa shape index (κ1) is 11.3. The normalized spacial score (nSPS) is 11.1. The van der Waals surface area contributed by atoms with Gasteiger partial charge in [-0.15, -0.1) is 0 Å². The standard InChI is InChI=1S/C4H10N2O.C2H6/c1-2-3(5)4(6)7;1-2/h3H,2,5H2,1H3,(H2,6,7);1-2H3. The van der Waals surface area contributed by atoms with Gasteiger partial charge in [0.1, 0.15) is 0 Å². The molecule has 0 aromatic rings. The highest BCUT2D eigenvalue weighted by Crippen LogP contribution is 1.80. The molecule has 0 bridgehead atoms. The summed E-state index contributed by atoms with van der Waals surface area (Å²) in [5.74, 6) is -0.428. The van der Waals surface area contributed by atoms with E-state index in [4.69, 9.17) is 11.5 Å². The summed E-state index contributed by atoms with van der Waals surface area (Å²) in [5, 5.41) is 0. The van der Waals surface area contributed by atoms with Gasteiger partial charge in [0.25, 0.3) is 0 Å². The van der Waals surface area contributed by atoms with Crippen molar-refractivity contribution in [2.45, 2.75) is 33.2 Å². The predicted octanol–water partition coefficient (Wildman–Crippen LogP) is 0.235. The molecule has 0 radical (unpaired) electrons. The zero-order valence-corrected chi connectivity index (χ0v) is 6.35. The average molecular weight is 132 g/mol. The number of primary amides is 1. The van der Waals surface area contributed by atoms with Gasteiger partial charge in [-0.05, 0) is 6.42 Å². The van der Waals surface area contributed by atoms with Gasteiger partial charge in [-0.1, -0.05) is 20.8 Å². The molecule has 0 aliphatic rings. The summed E-state index contributed by atoms with van der Waals surface area (Å²) in [6.07, 6.45) is 0.620. The molecule has 0 aliphatic carbocycles. The molecule has 3 heteroatoms. The Hall–Kier alpha value is -0.570. The maximum absolute atomic E-state index is 10.0. The summed E-state index contributed by atoms with van der Waals surface area (Å²) in [7, 11) is 0. The first-order chi connectivity index (χ1) is 4.18. The Morgan fingerprint density at radius 1 is 1.56 bits per heavy atom. The zero-order chi connectivity index (χ0) is 7.86. The second kappa shape index (κ2) is 7.43. The van der Waals surface area contributed by atoms with Crippen molar-refractivity contribution in [1.29, 1.82) is 0 Å². The number of rotatable bonds is 2. The summed E-state index contributed by atoms with van der Waals surface area (Å²) >= 11 is 0. The van der Waals surface area contributed by atoms with E-state index in [0.29, 0.717) is 6.42 Å². The molecule has 1 unspecified atom stereocenters. The van der Waals surface area contributed by atoms with Crippen molar-refractivity contribution in [3.8, 4) is 0 Å². The molecule has 0 aromatic carbocycles. The first-order valence-electron chi connectivity index (χ1n) is 3.23. The fourth-order valence-corrected chi connectivity index (χ4v) is 0.201. The smallest absolute Gasteiger partial charge is 0.234 e. The molecule has 1 atom stereocenters. The van der Waals surface area contributed by atoms with E-state index in [2.05, 4.69) is 0 Å². The molecule has 9 heavy (non-hydrogen) atoms. The van der Waals surface area contributed by atoms with Crippen LogP contribution in [0.5, 0.6) is 0 Å². The number of carbonyl (C=O) groups is 1. The Bertz CT molecular complexity index is 73.5. The third-order valence-corrected chi connectivity index (χ3v) is 0.805. The molecule has 0 saturated carbocycles. The third kappa shape index (κ3) is 7.43. The van der Waals surface area contributed by atoms with Gasteiger partial charge in [0.2, 0.25) is 5.91 Å². The van der Waals surface area contributed by atoms with E-state index < -0.39 is 11.9 Å². The van der Waals surface area contributed by atoms with Crippen LogP contribution >= 0.6 is 0 Å². The van der Waals surface area contributed by atoms with Gasteiger partial charge in [0.15, 0.2) is 0 Å². The summed E-state index contributed by atoms with van der Waals surface area (Å²) in [4.78, 5) is 10.0. The van der Waals surface area contributed by atoms with Gasteiger partial charge in [0, 0.05) is 0 Å². The lowest BCUT2D eigenvalue weighted by atomic mass is 10.2. The molecule has 0 fully saturated rings. The number of nitrogens with two attached hydrogens (primary N) is 2. The lowest BCUT2D eigenvalue weighted by Crippen LogP contribution is -2.35. The lowest BCUT2D eigenvalue weighted by molar-refractivity contribution is -0.119. The van der Waals surface area contributed by atoms with Gasteiger partial charge in [0.05, 0.1) is 6.04 Å². The Morgan fingerprint density at radius 2 is 1.89 bits per heavy atom. The van der Waals surface area contributed by atoms with Crippen molar-refractivity contribution >= 4 is 5.91 Å². The van der Waals surface area contributed by atoms with Crippen molar-refractivity contribution in [3.63, 3.8) is 0 Å². The third-order valence-electron chi connectivity index (χ3n) is 0.805. The summed E-state index contributed by atoms with van der Waals surface area (Å²) in [5.41, 5.74) is 9.92. The maximum Gasteiger partial charge on any atom is 0.234 e. The van der Waals surface area contributed by atoms with Crippen LogP contribution in [0.2, 0.25) is 0 Å². The van der Waals surface area contributed by atoms with Crippen LogP contribution in [0, 0.1) is 0 Å². The fraction of sp³-hybridized carbons (Fsp3) is 0.833. The highest BCUT2D eigenvalue weighted by molar-refractivity contribution is 5.79. The fourth-order valence-electron chi connectivity index (χ4n) is 0.201. The number of amides is 1. The van der Waals surface area contributed by atoms with E-state index in [1.54, 1.807) is 0 Å². The summed E-state index contributed by atoms with van der Waals surface area (Å²) < 4.78 is 0. The van der Waals surface area contributed by atoms with Crippen molar-refractivity contribution in [2.75, 3.05) is 0 Å². The molecular formula is C6H16N2O. The molecule has 0 spiro atoms. The van der Waals surface area contributed by atoms with Crippen LogP contribution in [-0.4, -0.2) is 11.9 Å². The van der Waals surface area contributed by atoms with Gasteiger partial charge in [-0.3, -0.25) is 4.79 Å². The second-order valence-electron chi connectivity index (χ2n) is 1.42. The highest BCUT2D eigenvalue weighted by atomic mass is 16.1. The molecule has 0 saturated heterocycles. The van der Waals surface area contributed by atoms with Crippen LogP contribution < -0.4 is 11.5 Å². The van der Waals surface area contributed by atoms with Gasteiger partial charge < -0.3 is 11.5 Å². The quantitative estimate of drug-likeness (QED) is 0.565. The van der Waals surface area contributed by atoms with Crippen LogP contribution in [0.25, 0.3) is 0 Å². The molecule has 0 aliphatic heterocycles. The maximum atomic E-state index is 10.0. The van der Waals surface area contributed by atoms with E-state index in [9.17, 15) is 4.79 Å². The van der Waals surface area contributed by atoms with E-state index >= 15 is 0 Å². The molecule has 3 nitrogen and oxygen atoms in total. The van der Waals surface area contributed by atoms with Crippen LogP contribution in [0.1, 0.15) is 27.2 Å². The molecular weight excluding hydrogens is 116 g/mol. The van der Waals surface area contributed by atoms with E-state index in [1.807, 2.05) is 20.8 Å². The Kier molecular flexibility index (Phi) is 9.29. The van der Waals surface area contributed by atoms with Crippen LogP contribution in [-0.2, 0) is 4.79 Å². The van der Waals surface area contributed by atoms with Crippen molar-refractivity contribution in [2.24, 2.45) is 11.5 Å². The Balaban J connectivity index is 0. The number of hydrogen-bond acceptors (Lipinski definition) is 2. The first-order valence-corrected chi connectivity index (χ1v) is 3.23. The highest BCUT2D eigenvalue weighted by Gasteiger charge is 2.02. The minimum Gasteiger partial charge on any atom is -0.368 e. The Morgan fingerprint density at radius 3 is 1.89 bits per heavy atom. The number of carbonyl (C=O) groups excluding carboxylic acids is 1. The van der Waals surface area contributed by atoms with Crippen LogP contribution in [0.15, 0.2) is 0 Å².